The lowest BCUT2D eigenvalue weighted by molar-refractivity contribution is 0.360. The quantitative estimate of drug-likeness (QED) is 0.814. The standard InChI is InChI=1S/C12H15BrFN3O2S/c1-8(2)17(5-3-4-15)20(18,19)12-6-9(13)10(14)7-11(12)16/h6-8H,3,5,16H2,1-2H3. The van der Waals surface area contributed by atoms with Gasteiger partial charge in [-0.15, -0.1) is 0 Å². The third-order valence-electron chi connectivity index (χ3n) is 2.66. The van der Waals surface area contributed by atoms with Crippen LogP contribution in [-0.2, 0) is 10.0 Å². The minimum absolute atomic E-state index is 0.0225. The normalized spacial score (nSPS) is 11.8. The molecule has 0 fully saturated rings. The summed E-state index contributed by atoms with van der Waals surface area (Å²) in [4.78, 5) is -0.169. The van der Waals surface area contributed by atoms with Crippen LogP contribution in [0.3, 0.4) is 0 Å². The van der Waals surface area contributed by atoms with Crippen molar-refractivity contribution < 1.29 is 12.8 Å². The number of halogens is 2. The summed E-state index contributed by atoms with van der Waals surface area (Å²) in [5.41, 5.74) is 5.45. The lowest BCUT2D eigenvalue weighted by atomic mass is 10.3. The predicted octanol–water partition coefficient (Wildman–Crippen LogP) is 2.48. The molecule has 0 bridgehead atoms. The van der Waals surface area contributed by atoms with E-state index >= 15 is 0 Å². The Hall–Kier alpha value is -1.17. The van der Waals surface area contributed by atoms with Gasteiger partial charge in [0.15, 0.2) is 0 Å². The Balaban J connectivity index is 3.34. The van der Waals surface area contributed by atoms with Crippen molar-refractivity contribution in [3.63, 3.8) is 0 Å². The van der Waals surface area contributed by atoms with E-state index in [4.69, 9.17) is 11.0 Å². The van der Waals surface area contributed by atoms with E-state index in [1.165, 1.54) is 4.31 Å². The van der Waals surface area contributed by atoms with Crippen LogP contribution < -0.4 is 5.73 Å². The van der Waals surface area contributed by atoms with Crippen LogP contribution in [0.15, 0.2) is 21.5 Å². The molecule has 0 aliphatic rings. The summed E-state index contributed by atoms with van der Waals surface area (Å²) in [6, 6.07) is 3.67. The van der Waals surface area contributed by atoms with Gasteiger partial charge in [0.2, 0.25) is 10.0 Å². The molecule has 1 rings (SSSR count). The Bertz CT molecular complexity index is 641. The van der Waals surface area contributed by atoms with Crippen LogP contribution in [0.25, 0.3) is 0 Å². The second-order valence-electron chi connectivity index (χ2n) is 4.42. The Morgan fingerprint density at radius 2 is 2.10 bits per heavy atom. The zero-order valence-corrected chi connectivity index (χ0v) is 13.5. The maximum atomic E-state index is 13.3. The van der Waals surface area contributed by atoms with Gasteiger partial charge in [0.1, 0.15) is 10.7 Å². The molecule has 110 valence electrons. The molecular weight excluding hydrogens is 349 g/mol. The summed E-state index contributed by atoms with van der Waals surface area (Å²) >= 11 is 2.95. The van der Waals surface area contributed by atoms with E-state index in [1.54, 1.807) is 13.8 Å². The van der Waals surface area contributed by atoms with Gasteiger partial charge in [-0.05, 0) is 41.9 Å². The second kappa shape index (κ2) is 6.52. The van der Waals surface area contributed by atoms with Crippen LogP contribution in [0.2, 0.25) is 0 Å². The van der Waals surface area contributed by atoms with Gasteiger partial charge in [0.25, 0.3) is 0 Å². The Kier molecular flexibility index (Phi) is 5.50. The summed E-state index contributed by atoms with van der Waals surface area (Å²) in [6.07, 6.45) is 0.0691. The van der Waals surface area contributed by atoms with Crippen molar-refractivity contribution >= 4 is 31.6 Å². The van der Waals surface area contributed by atoms with Gasteiger partial charge in [-0.25, -0.2) is 12.8 Å². The monoisotopic (exact) mass is 363 g/mol. The molecule has 0 saturated carbocycles. The molecule has 2 N–H and O–H groups in total. The topological polar surface area (TPSA) is 87.2 Å². The molecular formula is C12H15BrFN3O2S. The second-order valence-corrected chi connectivity index (χ2v) is 7.14. The van der Waals surface area contributed by atoms with Crippen molar-refractivity contribution in [1.29, 1.82) is 5.26 Å². The molecule has 0 aromatic heterocycles. The number of benzene rings is 1. The van der Waals surface area contributed by atoms with E-state index in [9.17, 15) is 12.8 Å². The highest BCUT2D eigenvalue weighted by atomic mass is 79.9. The van der Waals surface area contributed by atoms with Crippen molar-refractivity contribution in [3.8, 4) is 6.07 Å². The first-order valence-electron chi connectivity index (χ1n) is 5.85. The molecule has 5 nitrogen and oxygen atoms in total. The molecule has 1 aromatic rings. The van der Waals surface area contributed by atoms with Crippen LogP contribution in [0.4, 0.5) is 10.1 Å². The van der Waals surface area contributed by atoms with Gasteiger partial charge in [-0.2, -0.15) is 9.57 Å². The van der Waals surface area contributed by atoms with Crippen LogP contribution in [-0.4, -0.2) is 25.3 Å². The van der Waals surface area contributed by atoms with Crippen molar-refractivity contribution in [1.82, 2.24) is 4.31 Å². The van der Waals surface area contributed by atoms with E-state index in [-0.39, 0.29) is 34.1 Å². The Morgan fingerprint density at radius 1 is 1.50 bits per heavy atom. The molecule has 0 atom stereocenters. The van der Waals surface area contributed by atoms with Gasteiger partial charge in [0.05, 0.1) is 16.2 Å². The molecule has 1 aromatic carbocycles. The van der Waals surface area contributed by atoms with Crippen molar-refractivity contribution in [2.24, 2.45) is 0 Å². The summed E-state index contributed by atoms with van der Waals surface area (Å²) in [5, 5.41) is 8.62. The summed E-state index contributed by atoms with van der Waals surface area (Å²) in [5.74, 6) is -0.630. The number of nitrogen functional groups attached to an aromatic ring is 1. The summed E-state index contributed by atoms with van der Waals surface area (Å²) < 4.78 is 39.6. The predicted molar refractivity (Wildman–Crippen MR) is 77.8 cm³/mol. The van der Waals surface area contributed by atoms with Crippen molar-refractivity contribution in [2.45, 2.75) is 31.2 Å². The van der Waals surface area contributed by atoms with Gasteiger partial charge < -0.3 is 5.73 Å². The minimum Gasteiger partial charge on any atom is -0.398 e. The van der Waals surface area contributed by atoms with E-state index in [0.717, 1.165) is 12.1 Å². The smallest absolute Gasteiger partial charge is 0.245 e. The number of sulfonamides is 1. The summed E-state index contributed by atoms with van der Waals surface area (Å²) in [6.45, 7) is 3.46. The molecule has 0 unspecified atom stereocenters. The number of hydrogen-bond donors (Lipinski definition) is 1. The van der Waals surface area contributed by atoms with E-state index in [2.05, 4.69) is 15.9 Å². The highest BCUT2D eigenvalue weighted by Crippen LogP contribution is 2.29. The molecule has 0 aliphatic heterocycles. The van der Waals surface area contributed by atoms with Gasteiger partial charge in [-0.3, -0.25) is 0 Å². The van der Waals surface area contributed by atoms with Crippen molar-refractivity contribution in [3.05, 3.63) is 22.4 Å². The fourth-order valence-electron chi connectivity index (χ4n) is 1.71. The molecule has 0 spiro atoms. The fourth-order valence-corrected chi connectivity index (χ4v) is 3.97. The number of anilines is 1. The Morgan fingerprint density at radius 3 is 2.60 bits per heavy atom. The fraction of sp³-hybridized carbons (Fsp3) is 0.417. The average Bonchev–Trinajstić information content (AvgIpc) is 2.33. The molecule has 8 heteroatoms. The maximum absolute atomic E-state index is 13.3. The van der Waals surface area contributed by atoms with Crippen molar-refractivity contribution in [2.75, 3.05) is 12.3 Å². The molecule has 0 amide bonds. The lowest BCUT2D eigenvalue weighted by Crippen LogP contribution is -2.38. The minimum atomic E-state index is -3.88. The summed E-state index contributed by atoms with van der Waals surface area (Å²) in [7, 11) is -3.88. The van der Waals surface area contributed by atoms with E-state index in [1.807, 2.05) is 6.07 Å². The number of hydrogen-bond acceptors (Lipinski definition) is 4. The molecule has 0 aliphatic carbocycles. The molecule has 0 heterocycles. The molecule has 0 radical (unpaired) electrons. The first-order valence-corrected chi connectivity index (χ1v) is 8.08. The molecule has 20 heavy (non-hydrogen) atoms. The van der Waals surface area contributed by atoms with Gasteiger partial charge >= 0.3 is 0 Å². The van der Waals surface area contributed by atoms with Crippen LogP contribution in [0.5, 0.6) is 0 Å². The first kappa shape index (κ1) is 16.9. The zero-order valence-electron chi connectivity index (χ0n) is 11.1. The van der Waals surface area contributed by atoms with Crippen LogP contribution in [0, 0.1) is 17.1 Å². The highest BCUT2D eigenvalue weighted by molar-refractivity contribution is 9.10. The van der Waals surface area contributed by atoms with Crippen LogP contribution in [0.1, 0.15) is 20.3 Å². The first-order chi connectivity index (χ1) is 9.21. The number of nitrogens with zero attached hydrogens (tertiary/aromatic N) is 2. The maximum Gasteiger partial charge on any atom is 0.245 e. The van der Waals surface area contributed by atoms with E-state index in [0.29, 0.717) is 0 Å². The van der Waals surface area contributed by atoms with Gasteiger partial charge in [0, 0.05) is 19.0 Å². The number of nitriles is 1. The zero-order chi connectivity index (χ0) is 15.5. The largest absolute Gasteiger partial charge is 0.398 e. The third-order valence-corrected chi connectivity index (χ3v) is 5.40. The number of nitrogens with two attached hydrogens (primary N) is 1. The highest BCUT2D eigenvalue weighted by Gasteiger charge is 2.29. The third kappa shape index (κ3) is 3.48. The molecule has 0 saturated heterocycles. The number of rotatable bonds is 5. The SMILES string of the molecule is CC(C)N(CCC#N)S(=O)(=O)c1cc(Br)c(F)cc1N. The van der Waals surface area contributed by atoms with Crippen LogP contribution >= 0.6 is 15.9 Å². The Labute approximate surface area is 126 Å². The average molecular weight is 364 g/mol. The van der Waals surface area contributed by atoms with Gasteiger partial charge in [-0.1, -0.05) is 0 Å². The lowest BCUT2D eigenvalue weighted by Gasteiger charge is -2.25. The van der Waals surface area contributed by atoms with E-state index < -0.39 is 15.8 Å².